The fraction of sp³-hybridized carbons (Fsp3) is 0.304. The van der Waals surface area contributed by atoms with Gasteiger partial charge >= 0.3 is 5.97 Å². The summed E-state index contributed by atoms with van der Waals surface area (Å²) in [6.07, 6.45) is 5.69. The molecular weight excluding hydrogens is 338 g/mol. The van der Waals surface area contributed by atoms with Gasteiger partial charge in [0.05, 0.1) is 23.4 Å². The first kappa shape index (κ1) is 20.4. The van der Waals surface area contributed by atoms with E-state index in [0.29, 0.717) is 42.5 Å². The number of esters is 1. The maximum atomic E-state index is 12.9. The van der Waals surface area contributed by atoms with Crippen LogP contribution in [0.15, 0.2) is 49.6 Å². The Morgan fingerprint density at radius 1 is 1.07 bits per heavy atom. The molecule has 1 heterocycles. The van der Waals surface area contributed by atoms with Crippen molar-refractivity contribution < 1.29 is 14.3 Å². The summed E-state index contributed by atoms with van der Waals surface area (Å²) in [5, 5.41) is 0. The van der Waals surface area contributed by atoms with E-state index in [1.54, 1.807) is 19.1 Å². The van der Waals surface area contributed by atoms with Crippen molar-refractivity contribution in [3.05, 3.63) is 72.0 Å². The summed E-state index contributed by atoms with van der Waals surface area (Å²) in [6, 6.07) is 7.85. The molecule has 0 fully saturated rings. The van der Waals surface area contributed by atoms with Gasteiger partial charge in [-0.3, -0.25) is 4.79 Å². The SMILES string of the molecule is C=CCCC(=O)c1c(CCC=C)[nH]c(-c2ccc(C)cc2)c1C(=O)OCC. The van der Waals surface area contributed by atoms with E-state index in [9.17, 15) is 9.59 Å². The number of carbonyl (C=O) groups is 2. The average Bonchev–Trinajstić information content (AvgIpc) is 3.04. The van der Waals surface area contributed by atoms with Gasteiger partial charge in [0.2, 0.25) is 0 Å². The molecule has 0 spiro atoms. The van der Waals surface area contributed by atoms with E-state index in [0.717, 1.165) is 16.8 Å². The molecule has 0 saturated carbocycles. The van der Waals surface area contributed by atoms with Gasteiger partial charge in [-0.1, -0.05) is 42.0 Å². The third-order valence-corrected chi connectivity index (χ3v) is 4.35. The van der Waals surface area contributed by atoms with E-state index in [1.807, 2.05) is 31.2 Å². The maximum absolute atomic E-state index is 12.9. The normalized spacial score (nSPS) is 10.4. The summed E-state index contributed by atoms with van der Waals surface area (Å²) in [7, 11) is 0. The van der Waals surface area contributed by atoms with Crippen LogP contribution >= 0.6 is 0 Å². The Kier molecular flexibility index (Phi) is 7.35. The molecule has 0 atom stereocenters. The van der Waals surface area contributed by atoms with Crippen molar-refractivity contribution in [3.63, 3.8) is 0 Å². The monoisotopic (exact) mass is 365 g/mol. The molecule has 1 aromatic carbocycles. The topological polar surface area (TPSA) is 59.2 Å². The Bertz CT molecular complexity index is 828. The number of carbonyl (C=O) groups excluding carboxylic acids is 2. The van der Waals surface area contributed by atoms with Gasteiger partial charge in [-0.25, -0.2) is 4.79 Å². The molecule has 27 heavy (non-hydrogen) atoms. The summed E-state index contributed by atoms with van der Waals surface area (Å²) < 4.78 is 5.28. The van der Waals surface area contributed by atoms with Crippen LogP contribution < -0.4 is 0 Å². The van der Waals surface area contributed by atoms with E-state index < -0.39 is 5.97 Å². The van der Waals surface area contributed by atoms with E-state index in [-0.39, 0.29) is 12.4 Å². The lowest BCUT2D eigenvalue weighted by Gasteiger charge is -2.08. The van der Waals surface area contributed by atoms with Gasteiger partial charge in [0, 0.05) is 12.1 Å². The first-order chi connectivity index (χ1) is 13.0. The van der Waals surface area contributed by atoms with E-state index in [2.05, 4.69) is 18.1 Å². The van der Waals surface area contributed by atoms with Gasteiger partial charge < -0.3 is 9.72 Å². The Balaban J connectivity index is 2.66. The number of hydrogen-bond acceptors (Lipinski definition) is 3. The number of rotatable bonds is 10. The molecule has 0 aliphatic carbocycles. The van der Waals surface area contributed by atoms with Crippen molar-refractivity contribution in [2.75, 3.05) is 6.61 Å². The van der Waals surface area contributed by atoms with Gasteiger partial charge in [0.25, 0.3) is 0 Å². The van der Waals surface area contributed by atoms with Crippen LogP contribution in [0, 0.1) is 6.92 Å². The predicted octanol–water partition coefficient (Wildman–Crippen LogP) is 5.43. The van der Waals surface area contributed by atoms with Crippen LogP contribution in [0.1, 0.15) is 58.2 Å². The van der Waals surface area contributed by atoms with E-state index in [4.69, 9.17) is 4.74 Å². The number of aromatic amines is 1. The van der Waals surface area contributed by atoms with Gasteiger partial charge in [0.15, 0.2) is 5.78 Å². The maximum Gasteiger partial charge on any atom is 0.341 e. The number of benzene rings is 1. The van der Waals surface area contributed by atoms with Crippen LogP contribution in [0.5, 0.6) is 0 Å². The van der Waals surface area contributed by atoms with Gasteiger partial charge in [0.1, 0.15) is 0 Å². The van der Waals surface area contributed by atoms with Gasteiger partial charge in [-0.05, 0) is 38.7 Å². The second-order valence-corrected chi connectivity index (χ2v) is 6.39. The lowest BCUT2D eigenvalue weighted by molar-refractivity contribution is 0.0524. The highest BCUT2D eigenvalue weighted by molar-refractivity contribution is 6.11. The zero-order valence-corrected chi connectivity index (χ0v) is 16.1. The number of H-pyrrole nitrogens is 1. The highest BCUT2D eigenvalue weighted by Crippen LogP contribution is 2.31. The molecule has 0 amide bonds. The number of ketones is 1. The second kappa shape index (κ2) is 9.72. The lowest BCUT2D eigenvalue weighted by Crippen LogP contribution is -2.12. The largest absolute Gasteiger partial charge is 0.462 e. The molecule has 4 heteroatoms. The number of allylic oxidation sites excluding steroid dienone is 2. The molecule has 1 N–H and O–H groups in total. The highest BCUT2D eigenvalue weighted by Gasteiger charge is 2.28. The fourth-order valence-corrected chi connectivity index (χ4v) is 3.00. The van der Waals surface area contributed by atoms with E-state index >= 15 is 0 Å². The summed E-state index contributed by atoms with van der Waals surface area (Å²) >= 11 is 0. The van der Waals surface area contributed by atoms with Crippen LogP contribution in [0.25, 0.3) is 11.3 Å². The standard InChI is InChI=1S/C23H27NO3/c1-5-8-10-18-20(19(25)11-9-6-2)21(23(26)27-7-3)22(24-18)17-14-12-16(4)13-15-17/h5-6,12-15,24H,1-2,7-11H2,3-4H3. The lowest BCUT2D eigenvalue weighted by atomic mass is 9.97. The Hall–Kier alpha value is -2.88. The first-order valence-electron chi connectivity index (χ1n) is 9.27. The number of hydrogen-bond donors (Lipinski definition) is 1. The van der Waals surface area contributed by atoms with Crippen molar-refractivity contribution in [2.45, 2.75) is 39.5 Å². The van der Waals surface area contributed by atoms with Crippen LogP contribution in [-0.2, 0) is 11.2 Å². The second-order valence-electron chi connectivity index (χ2n) is 6.39. The van der Waals surface area contributed by atoms with Crippen LogP contribution in [0.4, 0.5) is 0 Å². The minimum atomic E-state index is -0.476. The predicted molar refractivity (Wildman–Crippen MR) is 109 cm³/mol. The number of nitrogens with one attached hydrogen (secondary N) is 1. The molecule has 0 saturated heterocycles. The summed E-state index contributed by atoms with van der Waals surface area (Å²) in [5.41, 5.74) is 4.13. The third kappa shape index (κ3) is 4.85. The highest BCUT2D eigenvalue weighted by atomic mass is 16.5. The minimum absolute atomic E-state index is 0.0772. The van der Waals surface area contributed by atoms with Crippen LogP contribution in [-0.4, -0.2) is 23.3 Å². The average molecular weight is 365 g/mol. The quantitative estimate of drug-likeness (QED) is 0.347. The van der Waals surface area contributed by atoms with Crippen molar-refractivity contribution in [3.8, 4) is 11.3 Å². The zero-order valence-electron chi connectivity index (χ0n) is 16.1. The van der Waals surface area contributed by atoms with Crippen molar-refractivity contribution >= 4 is 11.8 Å². The molecule has 2 aromatic rings. The smallest absolute Gasteiger partial charge is 0.341 e. The molecule has 0 radical (unpaired) electrons. The summed E-state index contributed by atoms with van der Waals surface area (Å²) in [6.45, 7) is 11.5. The van der Waals surface area contributed by atoms with Crippen LogP contribution in [0.3, 0.4) is 0 Å². The minimum Gasteiger partial charge on any atom is -0.462 e. The van der Waals surface area contributed by atoms with Gasteiger partial charge in [-0.15, -0.1) is 13.2 Å². The van der Waals surface area contributed by atoms with E-state index in [1.165, 1.54) is 0 Å². The molecule has 0 aliphatic rings. The number of ether oxygens (including phenoxy) is 1. The summed E-state index contributed by atoms with van der Waals surface area (Å²) in [5.74, 6) is -0.553. The molecule has 4 nitrogen and oxygen atoms in total. The molecule has 0 aliphatic heterocycles. The van der Waals surface area contributed by atoms with Crippen molar-refractivity contribution in [2.24, 2.45) is 0 Å². The number of aromatic nitrogens is 1. The Morgan fingerprint density at radius 3 is 2.33 bits per heavy atom. The number of aryl methyl sites for hydroxylation is 2. The fourth-order valence-electron chi connectivity index (χ4n) is 3.00. The summed E-state index contributed by atoms with van der Waals surface area (Å²) in [4.78, 5) is 29.0. The zero-order chi connectivity index (χ0) is 19.8. The molecule has 142 valence electrons. The molecule has 0 unspecified atom stereocenters. The molecule has 0 bridgehead atoms. The Morgan fingerprint density at radius 2 is 1.74 bits per heavy atom. The first-order valence-corrected chi connectivity index (χ1v) is 9.27. The van der Waals surface area contributed by atoms with Crippen molar-refractivity contribution in [1.82, 2.24) is 4.98 Å². The molecule has 2 rings (SSSR count). The Labute approximate surface area is 160 Å². The van der Waals surface area contributed by atoms with Gasteiger partial charge in [-0.2, -0.15) is 0 Å². The third-order valence-electron chi connectivity index (χ3n) is 4.35. The molecule has 1 aromatic heterocycles. The molecular formula is C23H27NO3. The van der Waals surface area contributed by atoms with Crippen molar-refractivity contribution in [1.29, 1.82) is 0 Å². The van der Waals surface area contributed by atoms with Crippen LogP contribution in [0.2, 0.25) is 0 Å². The number of Topliss-reactive ketones (excluding diaryl/α,β-unsaturated/α-hetero) is 1.